The summed E-state index contributed by atoms with van der Waals surface area (Å²) in [5.41, 5.74) is 4.07. The van der Waals surface area contributed by atoms with Crippen LogP contribution in [0.15, 0.2) is 72.8 Å². The summed E-state index contributed by atoms with van der Waals surface area (Å²) >= 11 is 0. The number of rotatable bonds is 9. The fourth-order valence-electron chi connectivity index (χ4n) is 4.52. The summed E-state index contributed by atoms with van der Waals surface area (Å²) in [5.74, 6) is 1.59. The zero-order chi connectivity index (χ0) is 24.6. The number of benzene rings is 3. The first-order chi connectivity index (χ1) is 17.1. The summed E-state index contributed by atoms with van der Waals surface area (Å²) in [6, 6.07) is 24.3. The number of hydrogen-bond donors (Lipinski definition) is 2. The van der Waals surface area contributed by atoms with E-state index in [4.69, 9.17) is 9.47 Å². The maximum atomic E-state index is 12.7. The van der Waals surface area contributed by atoms with E-state index in [-0.39, 0.29) is 11.9 Å². The first kappa shape index (κ1) is 24.6. The quantitative estimate of drug-likeness (QED) is 0.460. The number of nitrogens with one attached hydrogen (secondary N) is 2. The molecule has 35 heavy (non-hydrogen) atoms. The first-order valence-corrected chi connectivity index (χ1v) is 12.2. The van der Waals surface area contributed by atoms with E-state index in [1.54, 1.807) is 14.2 Å². The van der Waals surface area contributed by atoms with Crippen molar-refractivity contribution in [2.24, 2.45) is 0 Å². The van der Waals surface area contributed by atoms with E-state index in [1.807, 2.05) is 61.5 Å². The highest BCUT2D eigenvalue weighted by Gasteiger charge is 2.20. The van der Waals surface area contributed by atoms with Gasteiger partial charge in [0.1, 0.15) is 11.5 Å². The second-order valence-corrected chi connectivity index (χ2v) is 8.97. The SMILES string of the molecule is COc1ccc(CNC2CCN(c3ccc(C(=O)N[C@H](C)c4ccccc4)cc3)CC2)c(OC)c1. The van der Waals surface area contributed by atoms with E-state index in [0.717, 1.165) is 60.8 Å². The Morgan fingerprint density at radius 3 is 2.34 bits per heavy atom. The fourth-order valence-corrected chi connectivity index (χ4v) is 4.52. The van der Waals surface area contributed by atoms with Crippen LogP contribution in [0.2, 0.25) is 0 Å². The van der Waals surface area contributed by atoms with Crippen molar-refractivity contribution in [1.82, 2.24) is 10.6 Å². The van der Waals surface area contributed by atoms with Gasteiger partial charge in [-0.15, -0.1) is 0 Å². The van der Waals surface area contributed by atoms with Gasteiger partial charge in [0.15, 0.2) is 0 Å². The molecule has 1 saturated heterocycles. The number of carbonyl (C=O) groups excluding carboxylic acids is 1. The fraction of sp³-hybridized carbons (Fsp3) is 0.345. The Balaban J connectivity index is 1.26. The van der Waals surface area contributed by atoms with Crippen molar-refractivity contribution in [2.75, 3.05) is 32.2 Å². The van der Waals surface area contributed by atoms with Gasteiger partial charge >= 0.3 is 0 Å². The van der Waals surface area contributed by atoms with Crippen LogP contribution in [0.4, 0.5) is 5.69 Å². The van der Waals surface area contributed by atoms with Gasteiger partial charge in [0, 0.05) is 48.6 Å². The number of piperidine rings is 1. The van der Waals surface area contributed by atoms with Gasteiger partial charge in [-0.3, -0.25) is 4.79 Å². The summed E-state index contributed by atoms with van der Waals surface area (Å²) in [7, 11) is 3.35. The molecule has 1 amide bonds. The lowest BCUT2D eigenvalue weighted by molar-refractivity contribution is 0.0940. The molecule has 3 aromatic rings. The van der Waals surface area contributed by atoms with Crippen LogP contribution in [0.3, 0.4) is 0 Å². The molecule has 0 bridgehead atoms. The summed E-state index contributed by atoms with van der Waals surface area (Å²) in [6.07, 6.45) is 2.13. The van der Waals surface area contributed by atoms with E-state index < -0.39 is 0 Å². The largest absolute Gasteiger partial charge is 0.497 e. The molecule has 1 atom stereocenters. The Kier molecular flexibility index (Phi) is 8.27. The molecule has 4 rings (SSSR count). The van der Waals surface area contributed by atoms with Crippen LogP contribution >= 0.6 is 0 Å². The van der Waals surface area contributed by atoms with Gasteiger partial charge < -0.3 is 25.0 Å². The molecule has 6 heteroatoms. The normalized spacial score (nSPS) is 14.9. The molecule has 2 N–H and O–H groups in total. The summed E-state index contributed by atoms with van der Waals surface area (Å²) in [6.45, 7) is 4.73. The van der Waals surface area contributed by atoms with E-state index >= 15 is 0 Å². The number of carbonyl (C=O) groups is 1. The van der Waals surface area contributed by atoms with Crippen molar-refractivity contribution >= 4 is 11.6 Å². The summed E-state index contributed by atoms with van der Waals surface area (Å²) in [4.78, 5) is 15.1. The highest BCUT2D eigenvalue weighted by Crippen LogP contribution is 2.26. The third kappa shape index (κ3) is 6.34. The lowest BCUT2D eigenvalue weighted by Crippen LogP contribution is -2.42. The molecular weight excluding hydrogens is 438 g/mol. The number of amides is 1. The topological polar surface area (TPSA) is 62.8 Å². The van der Waals surface area contributed by atoms with Crippen molar-refractivity contribution in [2.45, 2.75) is 38.4 Å². The Morgan fingerprint density at radius 1 is 0.971 bits per heavy atom. The average Bonchev–Trinajstić information content (AvgIpc) is 2.92. The molecule has 0 unspecified atom stereocenters. The first-order valence-electron chi connectivity index (χ1n) is 12.2. The minimum Gasteiger partial charge on any atom is -0.497 e. The van der Waals surface area contributed by atoms with Gasteiger partial charge in [0.25, 0.3) is 5.91 Å². The highest BCUT2D eigenvalue weighted by atomic mass is 16.5. The molecule has 0 aliphatic carbocycles. The van der Waals surface area contributed by atoms with Crippen LogP contribution in [0.5, 0.6) is 11.5 Å². The van der Waals surface area contributed by atoms with Crippen LogP contribution < -0.4 is 25.0 Å². The maximum absolute atomic E-state index is 12.7. The smallest absolute Gasteiger partial charge is 0.251 e. The predicted octanol–water partition coefficient (Wildman–Crippen LogP) is 4.95. The summed E-state index contributed by atoms with van der Waals surface area (Å²) in [5, 5.41) is 6.76. The molecule has 1 aliphatic rings. The van der Waals surface area contributed by atoms with Crippen LogP contribution in [-0.4, -0.2) is 39.3 Å². The molecule has 6 nitrogen and oxygen atoms in total. The van der Waals surface area contributed by atoms with Gasteiger partial charge in [0.05, 0.1) is 20.3 Å². The van der Waals surface area contributed by atoms with E-state index in [1.165, 1.54) is 0 Å². The van der Waals surface area contributed by atoms with Crippen molar-refractivity contribution in [3.05, 3.63) is 89.5 Å². The second-order valence-electron chi connectivity index (χ2n) is 8.97. The Labute approximate surface area is 208 Å². The number of hydrogen-bond acceptors (Lipinski definition) is 5. The van der Waals surface area contributed by atoms with Crippen molar-refractivity contribution in [3.8, 4) is 11.5 Å². The predicted molar refractivity (Wildman–Crippen MR) is 140 cm³/mol. The molecule has 0 radical (unpaired) electrons. The average molecular weight is 474 g/mol. The minimum absolute atomic E-state index is 0.0345. The molecule has 0 saturated carbocycles. The van der Waals surface area contributed by atoms with E-state index in [0.29, 0.717) is 11.6 Å². The van der Waals surface area contributed by atoms with E-state index in [9.17, 15) is 4.79 Å². The third-order valence-corrected chi connectivity index (χ3v) is 6.71. The van der Waals surface area contributed by atoms with Crippen LogP contribution in [0.1, 0.15) is 47.3 Å². The number of ether oxygens (including phenoxy) is 2. The number of methoxy groups -OCH3 is 2. The van der Waals surface area contributed by atoms with Crippen molar-refractivity contribution in [1.29, 1.82) is 0 Å². The monoisotopic (exact) mass is 473 g/mol. The molecule has 1 aliphatic heterocycles. The third-order valence-electron chi connectivity index (χ3n) is 6.71. The molecule has 0 spiro atoms. The van der Waals surface area contributed by atoms with Crippen LogP contribution in [0, 0.1) is 0 Å². The van der Waals surface area contributed by atoms with Gasteiger partial charge in [-0.2, -0.15) is 0 Å². The molecule has 3 aromatic carbocycles. The summed E-state index contributed by atoms with van der Waals surface area (Å²) < 4.78 is 10.8. The molecule has 1 fully saturated rings. The van der Waals surface area contributed by atoms with Gasteiger partial charge in [-0.05, 0) is 55.7 Å². The highest BCUT2D eigenvalue weighted by molar-refractivity contribution is 5.94. The number of nitrogens with zero attached hydrogens (tertiary/aromatic N) is 1. The van der Waals surface area contributed by atoms with E-state index in [2.05, 4.69) is 33.7 Å². The second kappa shape index (κ2) is 11.8. The van der Waals surface area contributed by atoms with Gasteiger partial charge in [-0.25, -0.2) is 0 Å². The lowest BCUT2D eigenvalue weighted by Gasteiger charge is -2.34. The van der Waals surface area contributed by atoms with Crippen molar-refractivity contribution in [3.63, 3.8) is 0 Å². The van der Waals surface area contributed by atoms with Crippen molar-refractivity contribution < 1.29 is 14.3 Å². The van der Waals surface area contributed by atoms with Gasteiger partial charge in [-0.1, -0.05) is 36.4 Å². The molecule has 184 valence electrons. The van der Waals surface area contributed by atoms with Crippen LogP contribution in [-0.2, 0) is 6.54 Å². The maximum Gasteiger partial charge on any atom is 0.251 e. The lowest BCUT2D eigenvalue weighted by atomic mass is 10.0. The van der Waals surface area contributed by atoms with Gasteiger partial charge in [0.2, 0.25) is 0 Å². The Bertz CT molecular complexity index is 1090. The molecule has 1 heterocycles. The molecular formula is C29H35N3O3. The molecule has 0 aromatic heterocycles. The Hall–Kier alpha value is -3.51. The Morgan fingerprint density at radius 2 is 1.69 bits per heavy atom. The number of anilines is 1. The zero-order valence-corrected chi connectivity index (χ0v) is 20.8. The zero-order valence-electron chi connectivity index (χ0n) is 20.8. The standard InChI is InChI=1S/C29H35N3O3/c1-21(22-7-5-4-6-8-22)31-29(33)23-9-12-26(13-10-23)32-17-15-25(16-18-32)30-20-24-11-14-27(34-2)19-28(24)35-3/h4-14,19,21,25,30H,15-18,20H2,1-3H3,(H,31,33)/t21-/m1/s1. The van der Waals surface area contributed by atoms with Crippen LogP contribution in [0.25, 0.3) is 0 Å². The minimum atomic E-state index is -0.0511.